The van der Waals surface area contributed by atoms with Crippen molar-refractivity contribution in [3.8, 4) is 5.75 Å². The van der Waals surface area contributed by atoms with Gasteiger partial charge < -0.3 is 20.3 Å². The summed E-state index contributed by atoms with van der Waals surface area (Å²) < 4.78 is 5.95. The number of ether oxygens (including phenoxy) is 1. The highest BCUT2D eigenvalue weighted by molar-refractivity contribution is 5.79. The van der Waals surface area contributed by atoms with Gasteiger partial charge in [-0.15, -0.1) is 0 Å². The first-order valence-corrected chi connectivity index (χ1v) is 9.18. The van der Waals surface area contributed by atoms with Crippen LogP contribution in [0.3, 0.4) is 0 Å². The highest BCUT2D eigenvalue weighted by atomic mass is 16.5. The maximum atomic E-state index is 5.95. The molecule has 0 saturated carbocycles. The van der Waals surface area contributed by atoms with Crippen molar-refractivity contribution in [3.05, 3.63) is 29.8 Å². The summed E-state index contributed by atoms with van der Waals surface area (Å²) in [7, 11) is 1.81. The fourth-order valence-electron chi connectivity index (χ4n) is 3.01. The molecule has 2 N–H and O–H groups in total. The monoisotopic (exact) mass is 332 g/mol. The molecule has 0 saturated heterocycles. The maximum Gasteiger partial charge on any atom is 0.191 e. The molecule has 134 valence electrons. The highest BCUT2D eigenvalue weighted by Gasteiger charge is 2.22. The van der Waals surface area contributed by atoms with E-state index in [4.69, 9.17) is 4.74 Å². The third-order valence-electron chi connectivity index (χ3n) is 4.52. The molecule has 0 amide bonds. The number of unbranched alkanes of at least 4 members (excludes halogenated alkanes) is 1. The van der Waals surface area contributed by atoms with Crippen LogP contribution in [0.2, 0.25) is 0 Å². The minimum atomic E-state index is 0.184. The van der Waals surface area contributed by atoms with Crippen molar-refractivity contribution in [1.29, 1.82) is 0 Å². The zero-order valence-corrected chi connectivity index (χ0v) is 15.3. The van der Waals surface area contributed by atoms with Gasteiger partial charge in [0.15, 0.2) is 5.96 Å². The van der Waals surface area contributed by atoms with E-state index < -0.39 is 0 Å². The summed E-state index contributed by atoms with van der Waals surface area (Å²) in [6.45, 7) is 9.61. The smallest absolute Gasteiger partial charge is 0.191 e. The van der Waals surface area contributed by atoms with Crippen molar-refractivity contribution in [2.24, 2.45) is 4.99 Å². The van der Waals surface area contributed by atoms with Gasteiger partial charge in [-0.25, -0.2) is 0 Å². The zero-order chi connectivity index (χ0) is 17.2. The molecule has 5 heteroatoms. The molecule has 5 nitrogen and oxygen atoms in total. The molecular formula is C19H32N4O. The quantitative estimate of drug-likeness (QED) is 0.414. The van der Waals surface area contributed by atoms with E-state index >= 15 is 0 Å². The number of aliphatic imine (C=N–C) groups is 1. The van der Waals surface area contributed by atoms with Crippen LogP contribution in [0.15, 0.2) is 29.3 Å². The molecular weight excluding hydrogens is 300 g/mol. The van der Waals surface area contributed by atoms with Crippen LogP contribution < -0.4 is 15.4 Å². The molecule has 0 bridgehead atoms. The Kier molecular flexibility index (Phi) is 7.89. The second-order valence-corrected chi connectivity index (χ2v) is 6.17. The van der Waals surface area contributed by atoms with Crippen LogP contribution in [0.25, 0.3) is 0 Å². The maximum absolute atomic E-state index is 5.95. The lowest BCUT2D eigenvalue weighted by atomic mass is 10.1. The van der Waals surface area contributed by atoms with Gasteiger partial charge in [-0.1, -0.05) is 32.0 Å². The van der Waals surface area contributed by atoms with E-state index in [1.54, 1.807) is 0 Å². The predicted octanol–water partition coefficient (Wildman–Crippen LogP) is 2.28. The summed E-state index contributed by atoms with van der Waals surface area (Å²) in [5.41, 5.74) is 1.30. The van der Waals surface area contributed by atoms with Crippen molar-refractivity contribution in [2.75, 3.05) is 39.8 Å². The number of hydrogen-bond donors (Lipinski definition) is 2. The molecule has 1 aromatic carbocycles. The number of fused-ring (bicyclic) bond motifs is 1. The third kappa shape index (κ3) is 5.71. The van der Waals surface area contributed by atoms with Gasteiger partial charge in [0.25, 0.3) is 0 Å². The SMILES string of the molecule is CCN(CC)CCCCNC(=NC)NCC1Cc2ccccc2O1. The Morgan fingerprint density at radius 3 is 2.71 bits per heavy atom. The molecule has 1 heterocycles. The Morgan fingerprint density at radius 1 is 1.21 bits per heavy atom. The molecule has 2 rings (SSSR count). The highest BCUT2D eigenvalue weighted by Crippen LogP contribution is 2.27. The first-order chi connectivity index (χ1) is 11.8. The first kappa shape index (κ1) is 18.6. The van der Waals surface area contributed by atoms with Gasteiger partial charge in [0.2, 0.25) is 0 Å². The lowest BCUT2D eigenvalue weighted by molar-refractivity contribution is 0.235. The van der Waals surface area contributed by atoms with Crippen LogP contribution in [0.5, 0.6) is 5.75 Å². The number of hydrogen-bond acceptors (Lipinski definition) is 3. The lowest BCUT2D eigenvalue weighted by Crippen LogP contribution is -2.42. The summed E-state index contributed by atoms with van der Waals surface area (Å²) in [5, 5.41) is 6.76. The number of nitrogens with zero attached hydrogens (tertiary/aromatic N) is 2. The lowest BCUT2D eigenvalue weighted by Gasteiger charge is -2.18. The molecule has 0 spiro atoms. The van der Waals surface area contributed by atoms with Crippen molar-refractivity contribution in [2.45, 2.75) is 39.2 Å². The number of benzene rings is 1. The van der Waals surface area contributed by atoms with Crippen LogP contribution in [0, 0.1) is 0 Å². The minimum Gasteiger partial charge on any atom is -0.488 e. The average molecular weight is 332 g/mol. The van der Waals surface area contributed by atoms with Gasteiger partial charge in [-0.3, -0.25) is 4.99 Å². The van der Waals surface area contributed by atoms with Crippen LogP contribution >= 0.6 is 0 Å². The first-order valence-electron chi connectivity index (χ1n) is 9.18. The Bertz CT molecular complexity index is 489. The van der Waals surface area contributed by atoms with E-state index in [2.05, 4.69) is 46.5 Å². The van der Waals surface area contributed by atoms with Gasteiger partial charge in [0.05, 0.1) is 6.54 Å². The Labute approximate surface area is 146 Å². The molecule has 24 heavy (non-hydrogen) atoms. The van der Waals surface area contributed by atoms with E-state index in [1.807, 2.05) is 19.2 Å². The Balaban J connectivity index is 1.60. The van der Waals surface area contributed by atoms with Crippen LogP contribution in [0.1, 0.15) is 32.3 Å². The standard InChI is InChI=1S/C19H32N4O/c1-4-23(5-2)13-9-8-12-21-19(20-3)22-15-17-14-16-10-6-7-11-18(16)24-17/h6-7,10-11,17H,4-5,8-9,12-15H2,1-3H3,(H2,20,21,22). The van der Waals surface area contributed by atoms with Crippen LogP contribution in [-0.2, 0) is 6.42 Å². The molecule has 1 aromatic rings. The molecule has 0 fully saturated rings. The largest absolute Gasteiger partial charge is 0.488 e. The molecule has 1 aliphatic heterocycles. The topological polar surface area (TPSA) is 48.9 Å². The summed E-state index contributed by atoms with van der Waals surface area (Å²) in [5.74, 6) is 1.88. The summed E-state index contributed by atoms with van der Waals surface area (Å²) in [6, 6.07) is 8.26. The predicted molar refractivity (Wildman–Crippen MR) is 101 cm³/mol. The Hall–Kier alpha value is -1.75. The summed E-state index contributed by atoms with van der Waals surface area (Å²) >= 11 is 0. The fourth-order valence-corrected chi connectivity index (χ4v) is 3.01. The van der Waals surface area contributed by atoms with Gasteiger partial charge in [0.1, 0.15) is 11.9 Å². The van der Waals surface area contributed by atoms with Crippen LogP contribution in [-0.4, -0.2) is 56.7 Å². The zero-order valence-electron chi connectivity index (χ0n) is 15.3. The summed E-state index contributed by atoms with van der Waals surface area (Å²) in [6.07, 6.45) is 3.52. The van der Waals surface area contributed by atoms with E-state index in [9.17, 15) is 0 Å². The average Bonchev–Trinajstić information content (AvgIpc) is 3.03. The van der Waals surface area contributed by atoms with Crippen molar-refractivity contribution >= 4 is 5.96 Å². The number of rotatable bonds is 9. The van der Waals surface area contributed by atoms with Gasteiger partial charge in [-0.2, -0.15) is 0 Å². The van der Waals surface area contributed by atoms with Crippen molar-refractivity contribution in [1.82, 2.24) is 15.5 Å². The Morgan fingerprint density at radius 2 is 2.00 bits per heavy atom. The molecule has 0 radical (unpaired) electrons. The second-order valence-electron chi connectivity index (χ2n) is 6.17. The minimum absolute atomic E-state index is 0.184. The third-order valence-corrected chi connectivity index (χ3v) is 4.52. The normalized spacial score (nSPS) is 16.8. The number of para-hydroxylation sites is 1. The molecule has 1 unspecified atom stereocenters. The van der Waals surface area contributed by atoms with E-state index in [1.165, 1.54) is 18.5 Å². The van der Waals surface area contributed by atoms with E-state index in [0.29, 0.717) is 0 Å². The summed E-state index contributed by atoms with van der Waals surface area (Å²) in [4.78, 5) is 6.75. The number of nitrogens with one attached hydrogen (secondary N) is 2. The van der Waals surface area contributed by atoms with Crippen molar-refractivity contribution < 1.29 is 4.74 Å². The van der Waals surface area contributed by atoms with E-state index in [0.717, 1.165) is 50.7 Å². The molecule has 1 atom stereocenters. The van der Waals surface area contributed by atoms with Crippen molar-refractivity contribution in [3.63, 3.8) is 0 Å². The van der Waals surface area contributed by atoms with Gasteiger partial charge in [-0.05, 0) is 44.1 Å². The second kappa shape index (κ2) is 10.2. The van der Waals surface area contributed by atoms with Crippen LogP contribution in [0.4, 0.5) is 0 Å². The molecule has 0 aliphatic carbocycles. The van der Waals surface area contributed by atoms with Gasteiger partial charge in [0, 0.05) is 20.0 Å². The molecule has 1 aliphatic rings. The fraction of sp³-hybridized carbons (Fsp3) is 0.632. The molecule has 0 aromatic heterocycles. The van der Waals surface area contributed by atoms with Gasteiger partial charge >= 0.3 is 0 Å². The number of guanidine groups is 1. The van der Waals surface area contributed by atoms with E-state index in [-0.39, 0.29) is 6.10 Å².